The molecule has 0 aromatic heterocycles. The quantitative estimate of drug-likeness (QED) is 0.897. The Kier molecular flexibility index (Phi) is 4.09. The van der Waals surface area contributed by atoms with Gasteiger partial charge in [-0.15, -0.1) is 0 Å². The molecule has 110 valence electrons. The van der Waals surface area contributed by atoms with E-state index in [1.165, 1.54) is 0 Å². The lowest BCUT2D eigenvalue weighted by molar-refractivity contribution is -0.169. The number of hydrogen-bond donors (Lipinski definition) is 1. The molecule has 1 saturated heterocycles. The van der Waals surface area contributed by atoms with Crippen molar-refractivity contribution in [3.8, 4) is 0 Å². The van der Waals surface area contributed by atoms with Crippen LogP contribution in [0.5, 0.6) is 0 Å². The van der Waals surface area contributed by atoms with Gasteiger partial charge in [-0.2, -0.15) is 0 Å². The summed E-state index contributed by atoms with van der Waals surface area (Å²) in [6.45, 7) is 4.14. The van der Waals surface area contributed by atoms with Gasteiger partial charge in [0.1, 0.15) is 0 Å². The molecular weight excluding hydrogens is 260 g/mol. The van der Waals surface area contributed by atoms with E-state index >= 15 is 0 Å². The summed E-state index contributed by atoms with van der Waals surface area (Å²) in [5.74, 6) is 0.171. The average molecular weight is 282 g/mol. The first-order valence-corrected chi connectivity index (χ1v) is 7.62. The van der Waals surface area contributed by atoms with Gasteiger partial charge in [-0.3, -0.25) is 0 Å². The molecule has 1 N–H and O–H groups in total. The normalized spacial score (nSPS) is 32.8. The number of rotatable bonds is 2. The van der Waals surface area contributed by atoms with E-state index in [2.05, 4.69) is 38.1 Å². The van der Waals surface area contributed by atoms with Crippen molar-refractivity contribution in [3.05, 3.63) is 71.8 Å². The Morgan fingerprint density at radius 1 is 0.714 bits per heavy atom. The zero-order valence-electron chi connectivity index (χ0n) is 12.5. The van der Waals surface area contributed by atoms with Crippen molar-refractivity contribution in [1.29, 1.82) is 0 Å². The molecule has 2 aromatic carbocycles. The zero-order chi connectivity index (χ0) is 14.8. The second kappa shape index (κ2) is 6.00. The first-order valence-electron chi connectivity index (χ1n) is 7.62. The van der Waals surface area contributed by atoms with Gasteiger partial charge >= 0.3 is 0 Å². The standard InChI is InChI=1S/C19H22O2/c1-13-17(20)14(2)19(16-11-7-4-8-12-16)21-18(13)15-9-5-3-6-10-15/h3-14,17-20H,1-2H3/t13-,14+,17?,18-,19+. The lowest BCUT2D eigenvalue weighted by atomic mass is 9.79. The highest BCUT2D eigenvalue weighted by Gasteiger charge is 2.41. The average Bonchev–Trinajstić information content (AvgIpc) is 2.55. The van der Waals surface area contributed by atoms with E-state index in [0.29, 0.717) is 0 Å². The number of benzene rings is 2. The molecule has 1 aliphatic heterocycles. The van der Waals surface area contributed by atoms with Gasteiger partial charge in [0.2, 0.25) is 0 Å². The third-order valence-electron chi connectivity index (χ3n) is 4.58. The highest BCUT2D eigenvalue weighted by Crippen LogP contribution is 2.45. The van der Waals surface area contributed by atoms with Crippen LogP contribution in [0.2, 0.25) is 0 Å². The topological polar surface area (TPSA) is 29.5 Å². The fourth-order valence-corrected chi connectivity index (χ4v) is 3.29. The predicted molar refractivity (Wildman–Crippen MR) is 83.8 cm³/mol. The summed E-state index contributed by atoms with van der Waals surface area (Å²) in [4.78, 5) is 0. The maximum Gasteiger partial charge on any atom is 0.0883 e. The summed E-state index contributed by atoms with van der Waals surface area (Å²) in [7, 11) is 0. The molecule has 0 saturated carbocycles. The fourth-order valence-electron chi connectivity index (χ4n) is 3.29. The van der Waals surface area contributed by atoms with Crippen LogP contribution in [-0.2, 0) is 4.74 Å². The summed E-state index contributed by atoms with van der Waals surface area (Å²) in [6, 6.07) is 20.4. The molecule has 0 spiro atoms. The van der Waals surface area contributed by atoms with E-state index in [1.807, 2.05) is 36.4 Å². The highest BCUT2D eigenvalue weighted by atomic mass is 16.5. The Bertz CT molecular complexity index is 515. The minimum Gasteiger partial charge on any atom is -0.392 e. The van der Waals surface area contributed by atoms with Crippen LogP contribution in [0.4, 0.5) is 0 Å². The van der Waals surface area contributed by atoms with Crippen molar-refractivity contribution in [2.24, 2.45) is 11.8 Å². The van der Waals surface area contributed by atoms with Crippen molar-refractivity contribution in [3.63, 3.8) is 0 Å². The van der Waals surface area contributed by atoms with Gasteiger partial charge in [-0.25, -0.2) is 0 Å². The Hall–Kier alpha value is -1.64. The largest absolute Gasteiger partial charge is 0.392 e. The zero-order valence-corrected chi connectivity index (χ0v) is 12.5. The third kappa shape index (κ3) is 2.74. The lowest BCUT2D eigenvalue weighted by Crippen LogP contribution is -2.41. The van der Waals surface area contributed by atoms with E-state index in [0.717, 1.165) is 11.1 Å². The SMILES string of the molecule is C[C@@H]1C(O)[C@H](C)[C@@H](c2ccccc2)O[C@H]1c1ccccc1. The van der Waals surface area contributed by atoms with E-state index in [1.54, 1.807) is 0 Å². The molecule has 1 heterocycles. The number of ether oxygens (including phenoxy) is 1. The van der Waals surface area contributed by atoms with Crippen LogP contribution >= 0.6 is 0 Å². The summed E-state index contributed by atoms with van der Waals surface area (Å²) < 4.78 is 6.39. The van der Waals surface area contributed by atoms with Gasteiger partial charge < -0.3 is 9.84 Å². The van der Waals surface area contributed by atoms with Crippen LogP contribution in [0, 0.1) is 11.8 Å². The summed E-state index contributed by atoms with van der Waals surface area (Å²) >= 11 is 0. The number of hydrogen-bond acceptors (Lipinski definition) is 2. The maximum absolute atomic E-state index is 10.6. The van der Waals surface area contributed by atoms with Gasteiger partial charge in [-0.1, -0.05) is 74.5 Å². The molecule has 21 heavy (non-hydrogen) atoms. The molecular formula is C19H22O2. The molecule has 0 amide bonds. The van der Waals surface area contributed by atoms with E-state index < -0.39 is 0 Å². The van der Waals surface area contributed by atoms with Crippen LogP contribution in [0.25, 0.3) is 0 Å². The molecule has 1 aliphatic rings. The van der Waals surface area contributed by atoms with Crippen LogP contribution in [0.15, 0.2) is 60.7 Å². The van der Waals surface area contributed by atoms with Gasteiger partial charge in [0.25, 0.3) is 0 Å². The molecule has 0 aliphatic carbocycles. The predicted octanol–water partition coefficient (Wildman–Crippen LogP) is 4.13. The Labute approximate surface area is 126 Å². The molecule has 2 aromatic rings. The number of aliphatic hydroxyl groups is 1. The van der Waals surface area contributed by atoms with Crippen molar-refractivity contribution in [2.75, 3.05) is 0 Å². The first kappa shape index (κ1) is 14.3. The summed E-state index contributed by atoms with van der Waals surface area (Å²) in [5, 5.41) is 10.6. The molecule has 1 unspecified atom stereocenters. The van der Waals surface area contributed by atoms with E-state index in [4.69, 9.17) is 4.74 Å². The van der Waals surface area contributed by atoms with E-state index in [-0.39, 0.29) is 30.1 Å². The molecule has 3 rings (SSSR count). The molecule has 0 bridgehead atoms. The number of aliphatic hydroxyl groups excluding tert-OH is 1. The van der Waals surface area contributed by atoms with Crippen molar-refractivity contribution >= 4 is 0 Å². The minimum absolute atomic E-state index is 0.0670. The van der Waals surface area contributed by atoms with Gasteiger partial charge in [0.15, 0.2) is 0 Å². The Morgan fingerprint density at radius 3 is 1.48 bits per heavy atom. The van der Waals surface area contributed by atoms with Gasteiger partial charge in [0, 0.05) is 11.8 Å². The lowest BCUT2D eigenvalue weighted by Gasteiger charge is -2.43. The second-order valence-corrected chi connectivity index (χ2v) is 6.01. The summed E-state index contributed by atoms with van der Waals surface area (Å²) in [6.07, 6.45) is -0.501. The van der Waals surface area contributed by atoms with Crippen molar-refractivity contribution in [1.82, 2.24) is 0 Å². The van der Waals surface area contributed by atoms with Gasteiger partial charge in [-0.05, 0) is 11.1 Å². The Balaban J connectivity index is 1.93. The maximum atomic E-state index is 10.6. The van der Waals surface area contributed by atoms with E-state index in [9.17, 15) is 5.11 Å². The molecule has 1 fully saturated rings. The van der Waals surface area contributed by atoms with Crippen LogP contribution in [0.1, 0.15) is 37.2 Å². The van der Waals surface area contributed by atoms with Crippen molar-refractivity contribution < 1.29 is 9.84 Å². The fraction of sp³-hybridized carbons (Fsp3) is 0.368. The van der Waals surface area contributed by atoms with Crippen LogP contribution < -0.4 is 0 Å². The van der Waals surface area contributed by atoms with Gasteiger partial charge in [0.05, 0.1) is 18.3 Å². The Morgan fingerprint density at radius 2 is 1.10 bits per heavy atom. The second-order valence-electron chi connectivity index (χ2n) is 6.01. The third-order valence-corrected chi connectivity index (χ3v) is 4.58. The highest BCUT2D eigenvalue weighted by molar-refractivity contribution is 5.23. The minimum atomic E-state index is -0.367. The molecule has 2 nitrogen and oxygen atoms in total. The first-order chi connectivity index (χ1) is 10.2. The molecule has 5 atom stereocenters. The van der Waals surface area contributed by atoms with Crippen molar-refractivity contribution in [2.45, 2.75) is 32.2 Å². The van der Waals surface area contributed by atoms with Crippen LogP contribution in [0.3, 0.4) is 0 Å². The molecule has 0 radical (unpaired) electrons. The monoisotopic (exact) mass is 282 g/mol. The smallest absolute Gasteiger partial charge is 0.0883 e. The summed E-state index contributed by atoms with van der Waals surface area (Å²) in [5.41, 5.74) is 2.27. The van der Waals surface area contributed by atoms with Crippen LogP contribution in [-0.4, -0.2) is 11.2 Å². The molecule has 2 heteroatoms.